The average molecular weight is 726 g/mol. The third-order valence-electron chi connectivity index (χ3n) is 11.5. The zero-order chi connectivity index (χ0) is 37.5. The third kappa shape index (κ3) is 4.98. The van der Waals surface area contributed by atoms with Gasteiger partial charge in [0, 0.05) is 27.5 Å². The Labute approximate surface area is 328 Å². The molecule has 2 heterocycles. The first-order valence-electron chi connectivity index (χ1n) is 19.3. The van der Waals surface area contributed by atoms with Crippen LogP contribution in [0.1, 0.15) is 0 Å². The lowest BCUT2D eigenvalue weighted by atomic mass is 9.92. The van der Waals surface area contributed by atoms with Crippen molar-refractivity contribution in [2.24, 2.45) is 0 Å². The molecule has 9 aromatic carbocycles. The quantitative estimate of drug-likeness (QED) is 0.177. The summed E-state index contributed by atoms with van der Waals surface area (Å²) in [5.74, 6) is 1.89. The molecule has 0 saturated carbocycles. The Bertz CT molecular complexity index is 3400. The van der Waals surface area contributed by atoms with Gasteiger partial charge in [0.2, 0.25) is 0 Å². The highest BCUT2D eigenvalue weighted by molar-refractivity contribution is 6.17. The number of benzene rings is 9. The molecule has 0 unspecified atom stereocenters. The molecule has 0 bridgehead atoms. The van der Waals surface area contributed by atoms with E-state index in [0.717, 1.165) is 66.1 Å². The molecule has 0 radical (unpaired) electrons. The molecule has 0 atom stereocenters. The Hall–Kier alpha value is -7.69. The van der Waals surface area contributed by atoms with E-state index in [9.17, 15) is 0 Å². The summed E-state index contributed by atoms with van der Waals surface area (Å²) in [5, 5.41) is 7.00. The first kappa shape index (κ1) is 31.6. The number of rotatable bonds is 5. The van der Waals surface area contributed by atoms with Gasteiger partial charge in [-0.3, -0.25) is 0 Å². The molecule has 57 heavy (non-hydrogen) atoms. The van der Waals surface area contributed by atoms with Crippen molar-refractivity contribution in [2.45, 2.75) is 0 Å². The van der Waals surface area contributed by atoms with Gasteiger partial charge in [-0.15, -0.1) is 0 Å². The summed E-state index contributed by atoms with van der Waals surface area (Å²) in [6.07, 6.45) is 0. The second-order valence-electron chi connectivity index (χ2n) is 14.7. The number of para-hydroxylation sites is 1. The van der Waals surface area contributed by atoms with E-state index in [1.54, 1.807) is 0 Å². The maximum absolute atomic E-state index is 6.28. The van der Waals surface area contributed by atoms with E-state index in [4.69, 9.17) is 19.4 Å². The molecule has 4 nitrogen and oxygen atoms in total. The van der Waals surface area contributed by atoms with Crippen LogP contribution in [0.15, 0.2) is 192 Å². The van der Waals surface area contributed by atoms with E-state index in [2.05, 4.69) is 152 Å². The van der Waals surface area contributed by atoms with Crippen molar-refractivity contribution in [3.8, 4) is 78.7 Å². The second kappa shape index (κ2) is 12.4. The summed E-state index contributed by atoms with van der Waals surface area (Å²) >= 11 is 0. The standard InChI is InChI=1S/C53H31N3O/c1-2-12-33(13-3-1)51-54-52(34-26-24-32(25-27-34)36-30-35-14-10-20-42-38-16-5-7-18-40(38)46(31-36)49(35)42)56-53(55-51)44-29-28-41(37-15-4-6-17-39(37)44)43-21-11-23-48-50(43)45-19-8-9-22-47(45)57-48/h1-31H. The number of hydrogen-bond donors (Lipinski definition) is 0. The average Bonchev–Trinajstić information content (AvgIpc) is 3.83. The Morgan fingerprint density at radius 3 is 1.61 bits per heavy atom. The normalized spacial score (nSPS) is 11.9. The van der Waals surface area contributed by atoms with Crippen molar-refractivity contribution in [2.75, 3.05) is 0 Å². The highest BCUT2D eigenvalue weighted by atomic mass is 16.3. The highest BCUT2D eigenvalue weighted by Gasteiger charge is 2.22. The minimum atomic E-state index is 0.629. The van der Waals surface area contributed by atoms with Crippen molar-refractivity contribution >= 4 is 43.5 Å². The van der Waals surface area contributed by atoms with Crippen LogP contribution in [-0.4, -0.2) is 15.0 Å². The van der Waals surface area contributed by atoms with Crippen LogP contribution in [0.3, 0.4) is 0 Å². The molecular weight excluding hydrogens is 695 g/mol. The number of aromatic nitrogens is 3. The smallest absolute Gasteiger partial charge is 0.164 e. The van der Waals surface area contributed by atoms with Gasteiger partial charge < -0.3 is 4.42 Å². The molecule has 0 fully saturated rings. The first-order chi connectivity index (χ1) is 28.2. The van der Waals surface area contributed by atoms with Crippen LogP contribution in [0.2, 0.25) is 0 Å². The molecule has 4 heteroatoms. The van der Waals surface area contributed by atoms with E-state index in [1.807, 2.05) is 36.4 Å². The molecule has 1 aliphatic rings. The predicted molar refractivity (Wildman–Crippen MR) is 234 cm³/mol. The topological polar surface area (TPSA) is 51.8 Å². The Balaban J connectivity index is 0.990. The molecule has 2 aromatic heterocycles. The molecule has 0 aliphatic heterocycles. The van der Waals surface area contributed by atoms with Crippen LogP contribution in [0.5, 0.6) is 0 Å². The highest BCUT2D eigenvalue weighted by Crippen LogP contribution is 2.49. The zero-order valence-corrected chi connectivity index (χ0v) is 30.6. The van der Waals surface area contributed by atoms with Crippen LogP contribution in [-0.2, 0) is 0 Å². The fourth-order valence-corrected chi connectivity index (χ4v) is 8.87. The Kier molecular flexibility index (Phi) is 6.89. The van der Waals surface area contributed by atoms with Crippen molar-refractivity contribution in [1.82, 2.24) is 15.0 Å². The monoisotopic (exact) mass is 725 g/mol. The van der Waals surface area contributed by atoms with Crippen LogP contribution in [0, 0.1) is 0 Å². The van der Waals surface area contributed by atoms with Gasteiger partial charge in [0.05, 0.1) is 0 Å². The van der Waals surface area contributed by atoms with Crippen molar-refractivity contribution in [3.63, 3.8) is 0 Å². The molecule has 12 rings (SSSR count). The van der Waals surface area contributed by atoms with Crippen molar-refractivity contribution in [1.29, 1.82) is 0 Å². The lowest BCUT2D eigenvalue weighted by Crippen LogP contribution is -2.00. The lowest BCUT2D eigenvalue weighted by Gasteiger charge is -2.14. The Morgan fingerprint density at radius 1 is 0.281 bits per heavy atom. The SMILES string of the molecule is c1ccc(-c2nc(-c3ccc(-c4cc5c6c(cccc6c4)-c4ccccc4-5)cc3)nc(-c3ccc(-c4cccc5oc6ccccc6c45)c4ccccc34)n2)cc1. The molecule has 11 aromatic rings. The number of nitrogens with zero attached hydrogens (tertiary/aromatic N) is 3. The molecular formula is C53H31N3O. The summed E-state index contributed by atoms with van der Waals surface area (Å²) in [4.78, 5) is 15.4. The molecule has 0 amide bonds. The summed E-state index contributed by atoms with van der Waals surface area (Å²) in [5.41, 5.74) is 14.4. The number of hydrogen-bond acceptors (Lipinski definition) is 4. The van der Waals surface area contributed by atoms with Crippen molar-refractivity contribution in [3.05, 3.63) is 188 Å². The van der Waals surface area contributed by atoms with E-state index in [-0.39, 0.29) is 0 Å². The Morgan fingerprint density at radius 2 is 0.825 bits per heavy atom. The van der Waals surface area contributed by atoms with E-state index in [1.165, 1.54) is 38.6 Å². The first-order valence-corrected chi connectivity index (χ1v) is 19.3. The maximum atomic E-state index is 6.28. The third-order valence-corrected chi connectivity index (χ3v) is 11.5. The zero-order valence-electron chi connectivity index (χ0n) is 30.6. The van der Waals surface area contributed by atoms with Gasteiger partial charge >= 0.3 is 0 Å². The van der Waals surface area contributed by atoms with Crippen LogP contribution < -0.4 is 0 Å². The van der Waals surface area contributed by atoms with Gasteiger partial charge in [-0.25, -0.2) is 15.0 Å². The molecule has 1 aliphatic carbocycles. The lowest BCUT2D eigenvalue weighted by molar-refractivity contribution is 0.669. The fraction of sp³-hybridized carbons (Fsp3) is 0. The summed E-state index contributed by atoms with van der Waals surface area (Å²) < 4.78 is 6.28. The minimum Gasteiger partial charge on any atom is -0.456 e. The van der Waals surface area contributed by atoms with Gasteiger partial charge in [0.25, 0.3) is 0 Å². The predicted octanol–water partition coefficient (Wildman–Crippen LogP) is 14.1. The summed E-state index contributed by atoms with van der Waals surface area (Å²) in [6, 6.07) is 66.2. The fourth-order valence-electron chi connectivity index (χ4n) is 8.87. The van der Waals surface area contributed by atoms with Gasteiger partial charge in [-0.1, -0.05) is 158 Å². The summed E-state index contributed by atoms with van der Waals surface area (Å²) in [7, 11) is 0. The van der Waals surface area contributed by atoms with Gasteiger partial charge in [-0.05, 0) is 96.4 Å². The van der Waals surface area contributed by atoms with Crippen LogP contribution >= 0.6 is 0 Å². The van der Waals surface area contributed by atoms with Gasteiger partial charge in [0.1, 0.15) is 11.2 Å². The molecule has 0 N–H and O–H groups in total. The van der Waals surface area contributed by atoms with Crippen LogP contribution in [0.25, 0.3) is 122 Å². The molecule has 0 saturated heterocycles. The van der Waals surface area contributed by atoms with Gasteiger partial charge in [-0.2, -0.15) is 0 Å². The van der Waals surface area contributed by atoms with E-state index in [0.29, 0.717) is 17.5 Å². The second-order valence-corrected chi connectivity index (χ2v) is 14.7. The van der Waals surface area contributed by atoms with Gasteiger partial charge in [0.15, 0.2) is 17.5 Å². The van der Waals surface area contributed by atoms with E-state index < -0.39 is 0 Å². The van der Waals surface area contributed by atoms with Crippen molar-refractivity contribution < 1.29 is 4.42 Å². The largest absolute Gasteiger partial charge is 0.456 e. The minimum absolute atomic E-state index is 0.629. The van der Waals surface area contributed by atoms with Crippen LogP contribution in [0.4, 0.5) is 0 Å². The molecule has 264 valence electrons. The summed E-state index contributed by atoms with van der Waals surface area (Å²) in [6.45, 7) is 0. The number of fused-ring (bicyclic) bond motifs is 7. The maximum Gasteiger partial charge on any atom is 0.164 e. The molecule has 0 spiro atoms. The number of furan rings is 1. The van der Waals surface area contributed by atoms with E-state index >= 15 is 0 Å².